The van der Waals surface area contributed by atoms with Gasteiger partial charge in [-0.15, -0.1) is 12.4 Å². The highest BCUT2D eigenvalue weighted by atomic mass is 35.5. The Hall–Kier alpha value is -1.67. The van der Waals surface area contributed by atoms with Crippen LogP contribution in [0.4, 0.5) is 0 Å². The van der Waals surface area contributed by atoms with Crippen LogP contribution in [-0.2, 0) is 14.8 Å². The van der Waals surface area contributed by atoms with E-state index in [4.69, 9.17) is 5.73 Å². The van der Waals surface area contributed by atoms with Crippen molar-refractivity contribution >= 4 is 39.1 Å². The maximum Gasteiger partial charge on any atom is 0.220 e. The molecule has 1 aliphatic rings. The standard InChI is InChI=1S/C20H27N3O3S.ClH/c21-15-19(18-10-9-16-6-1-2-7-17(16)14-18)22-20(24)8-5-13-27(25,26)23-11-3-4-12-23;/h1-2,6-7,9-10,14,19H,3-5,8,11-13,15,21H2,(H,22,24);1H. The molecule has 1 unspecified atom stereocenters. The molecule has 1 heterocycles. The number of halogens is 1. The van der Waals surface area contributed by atoms with Crippen LogP contribution < -0.4 is 11.1 Å². The van der Waals surface area contributed by atoms with Crippen LogP contribution in [0.3, 0.4) is 0 Å². The third kappa shape index (κ3) is 5.67. The summed E-state index contributed by atoms with van der Waals surface area (Å²) in [5.74, 6) is -0.154. The van der Waals surface area contributed by atoms with E-state index >= 15 is 0 Å². The number of nitrogens with two attached hydrogens (primary N) is 1. The van der Waals surface area contributed by atoms with Gasteiger partial charge in [0.2, 0.25) is 15.9 Å². The Morgan fingerprint density at radius 2 is 1.79 bits per heavy atom. The largest absolute Gasteiger partial charge is 0.348 e. The monoisotopic (exact) mass is 425 g/mol. The zero-order valence-corrected chi connectivity index (χ0v) is 17.5. The molecule has 1 fully saturated rings. The van der Waals surface area contributed by atoms with Crippen LogP contribution in [0.1, 0.15) is 37.3 Å². The molecular weight excluding hydrogens is 398 g/mol. The van der Waals surface area contributed by atoms with Crippen LogP contribution in [0.5, 0.6) is 0 Å². The molecular formula is C20H28ClN3O3S. The molecule has 0 bridgehead atoms. The molecule has 2 aromatic carbocycles. The summed E-state index contributed by atoms with van der Waals surface area (Å²) in [6, 6.07) is 13.8. The van der Waals surface area contributed by atoms with Gasteiger partial charge in [0.15, 0.2) is 0 Å². The van der Waals surface area contributed by atoms with E-state index in [0.717, 1.165) is 29.2 Å². The second kappa shape index (κ2) is 10.2. The number of nitrogens with zero attached hydrogens (tertiary/aromatic N) is 1. The lowest BCUT2D eigenvalue weighted by atomic mass is 10.0. The number of nitrogens with one attached hydrogen (secondary N) is 1. The van der Waals surface area contributed by atoms with Crippen molar-refractivity contribution in [3.63, 3.8) is 0 Å². The third-order valence-electron chi connectivity index (χ3n) is 5.01. The quantitative estimate of drug-likeness (QED) is 0.679. The molecule has 0 saturated carbocycles. The average molecular weight is 426 g/mol. The van der Waals surface area contributed by atoms with Gasteiger partial charge >= 0.3 is 0 Å². The molecule has 3 N–H and O–H groups in total. The summed E-state index contributed by atoms with van der Waals surface area (Å²) in [5, 5.41) is 5.16. The molecule has 1 saturated heterocycles. The Kier molecular flexibility index (Phi) is 8.24. The van der Waals surface area contributed by atoms with Gasteiger partial charge in [-0.3, -0.25) is 4.79 Å². The molecule has 6 nitrogen and oxygen atoms in total. The fourth-order valence-corrected chi connectivity index (χ4v) is 5.06. The second-order valence-corrected chi connectivity index (χ2v) is 9.08. The zero-order valence-electron chi connectivity index (χ0n) is 15.8. The molecule has 0 radical (unpaired) electrons. The smallest absolute Gasteiger partial charge is 0.220 e. The Bertz CT molecular complexity index is 898. The average Bonchev–Trinajstić information content (AvgIpc) is 3.21. The molecule has 8 heteroatoms. The van der Waals surface area contributed by atoms with Crippen LogP contribution in [0, 0.1) is 0 Å². The van der Waals surface area contributed by atoms with Crippen LogP contribution >= 0.6 is 12.4 Å². The number of benzene rings is 2. The van der Waals surface area contributed by atoms with Crippen molar-refractivity contribution < 1.29 is 13.2 Å². The van der Waals surface area contributed by atoms with E-state index in [1.165, 1.54) is 4.31 Å². The lowest BCUT2D eigenvalue weighted by molar-refractivity contribution is -0.121. The van der Waals surface area contributed by atoms with Gasteiger partial charge in [-0.05, 0) is 41.7 Å². The summed E-state index contributed by atoms with van der Waals surface area (Å²) in [6.07, 6.45) is 2.34. The number of carbonyl (C=O) groups is 1. The number of sulfonamides is 1. The van der Waals surface area contributed by atoms with E-state index < -0.39 is 10.0 Å². The van der Waals surface area contributed by atoms with E-state index in [2.05, 4.69) is 5.32 Å². The van der Waals surface area contributed by atoms with Crippen molar-refractivity contribution in [2.45, 2.75) is 31.7 Å². The topological polar surface area (TPSA) is 92.5 Å². The summed E-state index contributed by atoms with van der Waals surface area (Å²) in [5.41, 5.74) is 6.81. The molecule has 0 spiro atoms. The van der Waals surface area contributed by atoms with Gasteiger partial charge in [0.25, 0.3) is 0 Å². The Balaban J connectivity index is 0.00000280. The first-order valence-corrected chi connectivity index (χ1v) is 11.1. The highest BCUT2D eigenvalue weighted by molar-refractivity contribution is 7.89. The van der Waals surface area contributed by atoms with E-state index in [1.807, 2.05) is 42.5 Å². The van der Waals surface area contributed by atoms with Gasteiger partial charge in [0.1, 0.15) is 0 Å². The molecule has 0 aliphatic carbocycles. The molecule has 3 rings (SSSR count). The van der Waals surface area contributed by atoms with E-state index in [-0.39, 0.29) is 43.1 Å². The van der Waals surface area contributed by atoms with Crippen LogP contribution in [0.15, 0.2) is 42.5 Å². The maximum atomic E-state index is 12.3. The van der Waals surface area contributed by atoms with Crippen LogP contribution in [-0.4, -0.2) is 44.0 Å². The minimum atomic E-state index is -3.24. The Morgan fingerprint density at radius 1 is 1.11 bits per heavy atom. The van der Waals surface area contributed by atoms with Gasteiger partial charge < -0.3 is 11.1 Å². The van der Waals surface area contributed by atoms with Crippen molar-refractivity contribution in [1.29, 1.82) is 0 Å². The number of hydrogen-bond acceptors (Lipinski definition) is 4. The van der Waals surface area contributed by atoms with Crippen molar-refractivity contribution in [3.05, 3.63) is 48.0 Å². The van der Waals surface area contributed by atoms with Gasteiger partial charge in [0, 0.05) is 26.1 Å². The zero-order chi connectivity index (χ0) is 19.3. The molecule has 1 aliphatic heterocycles. The number of fused-ring (bicyclic) bond motifs is 1. The number of carbonyl (C=O) groups excluding carboxylic acids is 1. The molecule has 154 valence electrons. The first-order chi connectivity index (χ1) is 13.0. The predicted molar refractivity (Wildman–Crippen MR) is 115 cm³/mol. The highest BCUT2D eigenvalue weighted by Crippen LogP contribution is 2.20. The summed E-state index contributed by atoms with van der Waals surface area (Å²) in [4.78, 5) is 12.3. The minimum absolute atomic E-state index is 0. The van der Waals surface area contributed by atoms with Crippen LogP contribution in [0.2, 0.25) is 0 Å². The fraction of sp³-hybridized carbons (Fsp3) is 0.450. The lowest BCUT2D eigenvalue weighted by Gasteiger charge is -2.18. The van der Waals surface area contributed by atoms with Crippen molar-refractivity contribution in [1.82, 2.24) is 9.62 Å². The second-order valence-electron chi connectivity index (χ2n) is 6.99. The number of hydrogen-bond donors (Lipinski definition) is 2. The first-order valence-electron chi connectivity index (χ1n) is 9.45. The Morgan fingerprint density at radius 3 is 2.46 bits per heavy atom. The SMILES string of the molecule is Cl.NCC(NC(=O)CCCS(=O)(=O)N1CCCC1)c1ccc2ccccc2c1. The molecule has 0 aromatic heterocycles. The highest BCUT2D eigenvalue weighted by Gasteiger charge is 2.25. The van der Waals surface area contributed by atoms with Crippen LogP contribution in [0.25, 0.3) is 10.8 Å². The number of amides is 1. The molecule has 1 atom stereocenters. The van der Waals surface area contributed by atoms with Crippen molar-refractivity contribution in [3.8, 4) is 0 Å². The normalized spacial score (nSPS) is 15.9. The third-order valence-corrected chi connectivity index (χ3v) is 6.97. The number of rotatable bonds is 8. The van der Waals surface area contributed by atoms with E-state index in [9.17, 15) is 13.2 Å². The van der Waals surface area contributed by atoms with Gasteiger partial charge in [0.05, 0.1) is 11.8 Å². The van der Waals surface area contributed by atoms with Crippen molar-refractivity contribution in [2.75, 3.05) is 25.4 Å². The molecule has 2 aromatic rings. The van der Waals surface area contributed by atoms with Gasteiger partial charge in [-0.2, -0.15) is 0 Å². The summed E-state index contributed by atoms with van der Waals surface area (Å²) in [7, 11) is -3.24. The Labute approximate surface area is 172 Å². The molecule has 28 heavy (non-hydrogen) atoms. The summed E-state index contributed by atoms with van der Waals surface area (Å²) >= 11 is 0. The van der Waals surface area contributed by atoms with Crippen molar-refractivity contribution in [2.24, 2.45) is 5.73 Å². The van der Waals surface area contributed by atoms with Gasteiger partial charge in [-0.25, -0.2) is 12.7 Å². The first kappa shape index (κ1) is 22.6. The molecule has 1 amide bonds. The van der Waals surface area contributed by atoms with E-state index in [0.29, 0.717) is 19.5 Å². The minimum Gasteiger partial charge on any atom is -0.348 e. The van der Waals surface area contributed by atoms with E-state index in [1.54, 1.807) is 0 Å². The fourth-order valence-electron chi connectivity index (χ4n) is 3.48. The summed E-state index contributed by atoms with van der Waals surface area (Å²) in [6.45, 7) is 1.49. The lowest BCUT2D eigenvalue weighted by Crippen LogP contribution is -2.34. The summed E-state index contributed by atoms with van der Waals surface area (Å²) < 4.78 is 26.0. The maximum absolute atomic E-state index is 12.3. The predicted octanol–water partition coefficient (Wildman–Crippen LogP) is 2.58. The van der Waals surface area contributed by atoms with Gasteiger partial charge in [-0.1, -0.05) is 36.4 Å².